The predicted octanol–water partition coefficient (Wildman–Crippen LogP) is 9.63. The number of pyridine rings is 3. The van der Waals surface area contributed by atoms with Crippen LogP contribution in [0.3, 0.4) is 0 Å². The fourth-order valence-electron chi connectivity index (χ4n) is 5.99. The summed E-state index contributed by atoms with van der Waals surface area (Å²) in [5.74, 6) is 0. The third kappa shape index (κ3) is 9.32. The number of hydrogen-bond acceptors (Lipinski definition) is 3. The molecule has 0 amide bonds. The Bertz CT molecular complexity index is 1770. The molecule has 3 nitrogen and oxygen atoms in total. The van der Waals surface area contributed by atoms with Gasteiger partial charge in [0.15, 0.2) is 0 Å². The van der Waals surface area contributed by atoms with Crippen LogP contribution in [-0.2, 0) is 58.6 Å². The van der Waals surface area contributed by atoms with Gasteiger partial charge in [-0.25, -0.2) is 0 Å². The topological polar surface area (TPSA) is 38.7 Å². The van der Waals surface area contributed by atoms with E-state index >= 15 is 0 Å². The molecule has 0 radical (unpaired) electrons. The summed E-state index contributed by atoms with van der Waals surface area (Å²) in [7, 11) is 0. The van der Waals surface area contributed by atoms with Gasteiger partial charge in [-0.15, -0.1) is 108 Å². The molecule has 3 aromatic heterocycles. The van der Waals surface area contributed by atoms with Gasteiger partial charge in [0.2, 0.25) is 0 Å². The van der Waals surface area contributed by atoms with Crippen molar-refractivity contribution in [1.29, 1.82) is 0 Å². The molecule has 0 saturated carbocycles. The van der Waals surface area contributed by atoms with Gasteiger partial charge in [0.05, 0.1) is 0 Å². The molecule has 0 fully saturated rings. The van der Waals surface area contributed by atoms with Crippen LogP contribution in [0.2, 0.25) is 0 Å². The molecule has 0 spiro atoms. The molecule has 0 aliphatic rings. The van der Waals surface area contributed by atoms with Crippen molar-refractivity contribution in [3.05, 3.63) is 198 Å². The van der Waals surface area contributed by atoms with E-state index in [1.54, 1.807) is 0 Å². The molecule has 0 unspecified atom stereocenters. The van der Waals surface area contributed by atoms with Crippen molar-refractivity contribution in [2.45, 2.75) is 38.5 Å². The molecular weight excluding hydrogens is 775 g/mol. The Balaban J connectivity index is 0.00000417. The van der Waals surface area contributed by atoms with Gasteiger partial charge in [-0.3, -0.25) is 0 Å². The van der Waals surface area contributed by atoms with E-state index in [0.29, 0.717) is 0 Å². The summed E-state index contributed by atoms with van der Waals surface area (Å²) in [5, 5.41) is 0. The second-order valence-corrected chi connectivity index (χ2v) is 12.1. The number of aryl methyl sites for hydroxylation is 6. The van der Waals surface area contributed by atoms with Crippen LogP contribution in [0.15, 0.2) is 146 Å². The van der Waals surface area contributed by atoms with Gasteiger partial charge in [-0.2, -0.15) is 0 Å². The molecule has 0 atom stereocenters. The van der Waals surface area contributed by atoms with Gasteiger partial charge in [-0.05, 0) is 89.0 Å². The van der Waals surface area contributed by atoms with E-state index in [1.165, 1.54) is 33.4 Å². The first-order valence-corrected chi connectivity index (χ1v) is 16.6. The smallest absolute Gasteiger partial charge is 0.304 e. The van der Waals surface area contributed by atoms with E-state index in [9.17, 15) is 0 Å². The molecule has 49 heavy (non-hydrogen) atoms. The SMILES string of the molecule is [Ir+3].[c-]1ccccc1-c1ccc(CCc2cc(CCc3ccc(-c4[c-]cccc4)nc3)cc(CCc3ccc(-c4[c-]cccc4)nc3)c2)cn1. The average Bonchev–Trinajstić information content (AvgIpc) is 3.17. The summed E-state index contributed by atoms with van der Waals surface area (Å²) in [6, 6.07) is 53.8. The Kier molecular flexibility index (Phi) is 11.7. The Morgan fingerprint density at radius 3 is 0.898 bits per heavy atom. The molecule has 4 heteroatoms. The van der Waals surface area contributed by atoms with Crippen molar-refractivity contribution in [1.82, 2.24) is 15.0 Å². The van der Waals surface area contributed by atoms with Gasteiger partial charge in [0.1, 0.15) is 0 Å². The standard InChI is InChI=1S/C45H36N3.Ir/c1-4-10-40(11-5-1)43-25-22-34(31-46-43)16-19-37-28-38(20-17-35-23-26-44(47-32-35)41-12-6-2-7-13-41)30-39(29-37)21-18-36-24-27-45(48-33-36)42-14-8-3-9-15-42;/h1-10,12,14,22-33H,16-21H2;/q-3;+3. The van der Waals surface area contributed by atoms with Crippen molar-refractivity contribution >= 4 is 0 Å². The minimum atomic E-state index is 0. The third-order valence-corrected chi connectivity index (χ3v) is 8.65. The summed E-state index contributed by atoms with van der Waals surface area (Å²) < 4.78 is 0. The molecule has 0 N–H and O–H groups in total. The van der Waals surface area contributed by atoms with Crippen LogP contribution in [0, 0.1) is 18.2 Å². The fourth-order valence-corrected chi connectivity index (χ4v) is 5.99. The first kappa shape index (κ1) is 33.9. The Morgan fingerprint density at radius 2 is 0.653 bits per heavy atom. The Morgan fingerprint density at radius 1 is 0.347 bits per heavy atom. The zero-order chi connectivity index (χ0) is 32.4. The number of rotatable bonds is 12. The van der Waals surface area contributed by atoms with Crippen molar-refractivity contribution < 1.29 is 20.1 Å². The van der Waals surface area contributed by atoms with E-state index < -0.39 is 0 Å². The number of hydrogen-bond donors (Lipinski definition) is 0. The summed E-state index contributed by atoms with van der Waals surface area (Å²) in [5.41, 5.74) is 13.7. The minimum Gasteiger partial charge on any atom is -0.304 e. The molecule has 0 aliphatic heterocycles. The monoisotopic (exact) mass is 811 g/mol. The predicted molar refractivity (Wildman–Crippen MR) is 194 cm³/mol. The van der Waals surface area contributed by atoms with Gasteiger partial charge in [0, 0.05) is 18.6 Å². The maximum absolute atomic E-state index is 4.73. The van der Waals surface area contributed by atoms with E-state index in [1.807, 2.05) is 91.4 Å². The molecule has 4 aromatic carbocycles. The molecule has 0 aliphatic carbocycles. The van der Waals surface area contributed by atoms with E-state index in [2.05, 4.69) is 72.8 Å². The first-order chi connectivity index (χ1) is 23.7. The maximum atomic E-state index is 4.73. The molecule has 240 valence electrons. The van der Waals surface area contributed by atoms with Crippen LogP contribution in [0.4, 0.5) is 0 Å². The number of benzene rings is 4. The fraction of sp³-hybridized carbons (Fsp3) is 0.133. The van der Waals surface area contributed by atoms with Crippen LogP contribution in [0.5, 0.6) is 0 Å². The second-order valence-electron chi connectivity index (χ2n) is 12.1. The summed E-state index contributed by atoms with van der Waals surface area (Å²) in [6.07, 6.45) is 11.8. The molecule has 7 aromatic rings. The molecule has 7 rings (SSSR count). The zero-order valence-electron chi connectivity index (χ0n) is 27.3. The summed E-state index contributed by atoms with van der Waals surface area (Å²) in [6.45, 7) is 0. The normalized spacial score (nSPS) is 10.8. The minimum absolute atomic E-state index is 0. The van der Waals surface area contributed by atoms with Crippen molar-refractivity contribution in [2.75, 3.05) is 0 Å². The van der Waals surface area contributed by atoms with Crippen molar-refractivity contribution in [2.24, 2.45) is 0 Å². The van der Waals surface area contributed by atoms with Gasteiger partial charge in [0.25, 0.3) is 0 Å². The van der Waals surface area contributed by atoms with Crippen molar-refractivity contribution in [3.8, 4) is 33.8 Å². The quantitative estimate of drug-likeness (QED) is 0.116. The van der Waals surface area contributed by atoms with E-state index in [-0.39, 0.29) is 20.1 Å². The Labute approximate surface area is 303 Å². The second kappa shape index (κ2) is 16.9. The van der Waals surface area contributed by atoms with Gasteiger partial charge >= 0.3 is 20.1 Å². The molecular formula is C45H36IrN3. The largest absolute Gasteiger partial charge is 3.00 e. The first-order valence-electron chi connectivity index (χ1n) is 16.6. The van der Waals surface area contributed by atoms with E-state index in [0.717, 1.165) is 72.3 Å². The number of aromatic nitrogens is 3. The maximum Gasteiger partial charge on any atom is 3.00 e. The summed E-state index contributed by atoms with van der Waals surface area (Å²) >= 11 is 0. The molecule has 0 bridgehead atoms. The van der Waals surface area contributed by atoms with Crippen molar-refractivity contribution in [3.63, 3.8) is 0 Å². The van der Waals surface area contributed by atoms with E-state index in [4.69, 9.17) is 15.0 Å². The van der Waals surface area contributed by atoms with Crippen LogP contribution in [-0.4, -0.2) is 15.0 Å². The Hall–Kier alpha value is -5.02. The van der Waals surface area contributed by atoms with Crippen LogP contribution in [0.1, 0.15) is 33.4 Å². The molecule has 3 heterocycles. The van der Waals surface area contributed by atoms with Crippen LogP contribution < -0.4 is 0 Å². The van der Waals surface area contributed by atoms with Crippen LogP contribution in [0.25, 0.3) is 33.8 Å². The third-order valence-electron chi connectivity index (χ3n) is 8.65. The number of nitrogens with zero attached hydrogens (tertiary/aromatic N) is 3. The van der Waals surface area contributed by atoms with Gasteiger partial charge < -0.3 is 15.0 Å². The molecule has 0 saturated heterocycles. The average molecular weight is 811 g/mol. The zero-order valence-corrected chi connectivity index (χ0v) is 29.7. The van der Waals surface area contributed by atoms with Gasteiger partial charge in [-0.1, -0.05) is 54.6 Å². The summed E-state index contributed by atoms with van der Waals surface area (Å²) in [4.78, 5) is 14.2. The van der Waals surface area contributed by atoms with Crippen LogP contribution >= 0.6 is 0 Å².